The van der Waals surface area contributed by atoms with Crippen molar-refractivity contribution in [3.8, 4) is 28.4 Å². The molecule has 0 unspecified atom stereocenters. The van der Waals surface area contributed by atoms with Crippen molar-refractivity contribution in [3.63, 3.8) is 0 Å². The molecule has 0 spiro atoms. The van der Waals surface area contributed by atoms with Gasteiger partial charge < -0.3 is 19.3 Å². The van der Waals surface area contributed by atoms with E-state index in [0.29, 0.717) is 46.1 Å². The fraction of sp³-hybridized carbons (Fsp3) is 0.174. The van der Waals surface area contributed by atoms with Gasteiger partial charge in [-0.25, -0.2) is 0 Å². The lowest BCUT2D eigenvalue weighted by Crippen LogP contribution is -2.00. The summed E-state index contributed by atoms with van der Waals surface area (Å²) in [6, 6.07) is 18.5. The second-order valence-electron chi connectivity index (χ2n) is 6.16. The molecule has 3 rings (SSSR count). The van der Waals surface area contributed by atoms with E-state index >= 15 is 0 Å². The van der Waals surface area contributed by atoms with Crippen LogP contribution in [0.4, 0.5) is 0 Å². The van der Waals surface area contributed by atoms with E-state index in [0.717, 1.165) is 11.8 Å². The first kappa shape index (κ1) is 19.5. The Balaban J connectivity index is 2.04. The number of carbonyl (C=O) groups is 1. The number of hydrogen-bond acceptors (Lipinski definition) is 5. The Hall–Kier alpha value is -3.31. The van der Waals surface area contributed by atoms with Gasteiger partial charge in [0.15, 0.2) is 6.29 Å². The molecule has 5 nitrogen and oxygen atoms in total. The molecule has 0 amide bonds. The van der Waals surface area contributed by atoms with E-state index in [-0.39, 0.29) is 6.61 Å². The normalized spacial score (nSPS) is 10.4. The van der Waals surface area contributed by atoms with E-state index in [9.17, 15) is 9.90 Å². The van der Waals surface area contributed by atoms with E-state index < -0.39 is 0 Å². The van der Waals surface area contributed by atoms with Crippen LogP contribution in [0.5, 0.6) is 17.2 Å². The smallest absolute Gasteiger partial charge is 0.150 e. The zero-order chi connectivity index (χ0) is 19.9. The minimum Gasteiger partial charge on any atom is -0.497 e. The summed E-state index contributed by atoms with van der Waals surface area (Å²) in [7, 11) is 3.08. The molecule has 0 aliphatic heterocycles. The minimum atomic E-state index is -0.226. The number of hydrogen-bond donors (Lipinski definition) is 1. The topological polar surface area (TPSA) is 65.0 Å². The molecule has 1 N–H and O–H groups in total. The molecule has 0 aromatic heterocycles. The van der Waals surface area contributed by atoms with Gasteiger partial charge in [0, 0.05) is 17.2 Å². The molecule has 0 radical (unpaired) electrons. The molecule has 28 heavy (non-hydrogen) atoms. The van der Waals surface area contributed by atoms with Crippen LogP contribution in [0, 0.1) is 0 Å². The molecule has 5 heteroatoms. The predicted octanol–water partition coefficient (Wildman–Crippen LogP) is 4.25. The molecule has 0 aliphatic carbocycles. The summed E-state index contributed by atoms with van der Waals surface area (Å²) in [6.07, 6.45) is 0.779. The highest BCUT2D eigenvalue weighted by Crippen LogP contribution is 2.40. The van der Waals surface area contributed by atoms with Crippen molar-refractivity contribution in [3.05, 3.63) is 77.4 Å². The summed E-state index contributed by atoms with van der Waals surface area (Å²) in [5.74, 6) is 1.69. The van der Waals surface area contributed by atoms with Crippen LogP contribution in [0.2, 0.25) is 0 Å². The van der Waals surface area contributed by atoms with Crippen LogP contribution in [-0.2, 0) is 13.2 Å². The van der Waals surface area contributed by atoms with E-state index in [1.807, 2.05) is 30.3 Å². The van der Waals surface area contributed by atoms with Gasteiger partial charge in [0.25, 0.3) is 0 Å². The number of carbonyl (C=O) groups excluding carboxylic acids is 1. The largest absolute Gasteiger partial charge is 0.497 e. The van der Waals surface area contributed by atoms with Crippen molar-refractivity contribution in [2.24, 2.45) is 0 Å². The monoisotopic (exact) mass is 378 g/mol. The van der Waals surface area contributed by atoms with Crippen LogP contribution in [0.25, 0.3) is 11.1 Å². The van der Waals surface area contributed by atoms with Gasteiger partial charge in [0.2, 0.25) is 0 Å². The van der Waals surface area contributed by atoms with Gasteiger partial charge >= 0.3 is 0 Å². The zero-order valence-electron chi connectivity index (χ0n) is 15.8. The molecule has 0 heterocycles. The number of ether oxygens (including phenoxy) is 3. The molecule has 3 aromatic rings. The van der Waals surface area contributed by atoms with Crippen LogP contribution in [0.15, 0.2) is 60.7 Å². The maximum absolute atomic E-state index is 11.6. The van der Waals surface area contributed by atoms with Crippen molar-refractivity contribution in [2.45, 2.75) is 13.2 Å². The maximum atomic E-state index is 11.6. The highest BCUT2D eigenvalue weighted by atomic mass is 16.5. The third kappa shape index (κ3) is 4.15. The first-order valence-electron chi connectivity index (χ1n) is 8.82. The predicted molar refractivity (Wildman–Crippen MR) is 107 cm³/mol. The summed E-state index contributed by atoms with van der Waals surface area (Å²) in [4.78, 5) is 11.6. The molecular weight excluding hydrogens is 356 g/mol. The third-order valence-electron chi connectivity index (χ3n) is 4.45. The Morgan fingerprint density at radius 3 is 2.36 bits per heavy atom. The lowest BCUT2D eigenvalue weighted by Gasteiger charge is -2.17. The van der Waals surface area contributed by atoms with E-state index in [1.165, 1.54) is 7.11 Å². The molecule has 3 aromatic carbocycles. The van der Waals surface area contributed by atoms with Crippen molar-refractivity contribution in [1.29, 1.82) is 0 Å². The first-order valence-corrected chi connectivity index (χ1v) is 8.82. The minimum absolute atomic E-state index is 0.226. The Morgan fingerprint density at radius 2 is 1.71 bits per heavy atom. The Kier molecular flexibility index (Phi) is 6.29. The fourth-order valence-electron chi connectivity index (χ4n) is 3.04. The third-order valence-corrected chi connectivity index (χ3v) is 4.45. The number of aliphatic hydroxyl groups is 1. The second-order valence-corrected chi connectivity index (χ2v) is 6.16. The average molecular weight is 378 g/mol. The molecule has 0 atom stereocenters. The lowest BCUT2D eigenvalue weighted by atomic mass is 9.94. The van der Waals surface area contributed by atoms with Crippen LogP contribution in [0.1, 0.15) is 21.5 Å². The molecule has 0 aliphatic rings. The number of aliphatic hydroxyl groups excluding tert-OH is 1. The maximum Gasteiger partial charge on any atom is 0.150 e. The van der Waals surface area contributed by atoms with Crippen LogP contribution >= 0.6 is 0 Å². The molecule has 0 saturated heterocycles. The van der Waals surface area contributed by atoms with Gasteiger partial charge in [0.1, 0.15) is 23.9 Å². The number of benzene rings is 3. The van der Waals surface area contributed by atoms with Crippen LogP contribution in [-0.4, -0.2) is 25.6 Å². The molecular formula is C23H22O5. The quantitative estimate of drug-likeness (QED) is 0.594. The van der Waals surface area contributed by atoms with E-state index in [2.05, 4.69) is 0 Å². The van der Waals surface area contributed by atoms with E-state index in [4.69, 9.17) is 14.2 Å². The van der Waals surface area contributed by atoms with Gasteiger partial charge in [-0.05, 0) is 41.0 Å². The second kappa shape index (κ2) is 9.06. The average Bonchev–Trinajstić information content (AvgIpc) is 2.77. The molecule has 144 valence electrons. The Labute approximate surface area is 164 Å². The van der Waals surface area contributed by atoms with Crippen LogP contribution < -0.4 is 14.2 Å². The number of methoxy groups -OCH3 is 2. The summed E-state index contributed by atoms with van der Waals surface area (Å²) in [5, 5.41) is 9.87. The summed E-state index contributed by atoms with van der Waals surface area (Å²) >= 11 is 0. The first-order chi connectivity index (χ1) is 13.7. The molecule has 0 fully saturated rings. The Morgan fingerprint density at radius 1 is 0.929 bits per heavy atom. The number of rotatable bonds is 8. The lowest BCUT2D eigenvalue weighted by molar-refractivity contribution is 0.112. The summed E-state index contributed by atoms with van der Waals surface area (Å²) in [5.41, 5.74) is 3.38. The van der Waals surface area contributed by atoms with Gasteiger partial charge in [-0.3, -0.25) is 4.79 Å². The fourth-order valence-corrected chi connectivity index (χ4v) is 3.04. The molecule has 0 saturated carbocycles. The standard InChI is InChI=1S/C23H22O5/c1-26-20-10-18(14-25)23(22(12-20)27-2)21-11-19(9-8-17(21)13-24)28-15-16-6-4-3-5-7-16/h3-13,25H,14-15H2,1-2H3. The van der Waals surface area contributed by atoms with Crippen molar-refractivity contribution in [2.75, 3.05) is 14.2 Å². The highest BCUT2D eigenvalue weighted by molar-refractivity contribution is 5.91. The van der Waals surface area contributed by atoms with Gasteiger partial charge in [-0.15, -0.1) is 0 Å². The van der Waals surface area contributed by atoms with Gasteiger partial charge in [-0.2, -0.15) is 0 Å². The van der Waals surface area contributed by atoms with Crippen molar-refractivity contribution in [1.82, 2.24) is 0 Å². The van der Waals surface area contributed by atoms with Crippen molar-refractivity contribution >= 4 is 6.29 Å². The van der Waals surface area contributed by atoms with Crippen molar-refractivity contribution < 1.29 is 24.1 Å². The van der Waals surface area contributed by atoms with E-state index in [1.54, 1.807) is 37.4 Å². The Bertz CT molecular complexity index is 925. The van der Waals surface area contributed by atoms with Crippen LogP contribution in [0.3, 0.4) is 0 Å². The summed E-state index contributed by atoms with van der Waals surface area (Å²) < 4.78 is 16.7. The summed E-state index contributed by atoms with van der Waals surface area (Å²) in [6.45, 7) is 0.184. The number of aldehydes is 1. The highest BCUT2D eigenvalue weighted by Gasteiger charge is 2.18. The van der Waals surface area contributed by atoms with Gasteiger partial charge in [0.05, 0.1) is 20.8 Å². The zero-order valence-corrected chi connectivity index (χ0v) is 15.8. The SMILES string of the molecule is COc1cc(CO)c(-c2cc(OCc3ccccc3)ccc2C=O)c(OC)c1. The molecule has 0 bridgehead atoms. The van der Waals surface area contributed by atoms with Gasteiger partial charge in [-0.1, -0.05) is 30.3 Å².